The Balaban J connectivity index is 2.03. The Kier molecular flexibility index (Phi) is 5.38. The van der Waals surface area contributed by atoms with Gasteiger partial charge in [-0.25, -0.2) is 4.39 Å². The largest absolute Gasteiger partial charge is 0.341 e. The van der Waals surface area contributed by atoms with Crippen LogP contribution in [0.25, 0.3) is 10.1 Å². The fourth-order valence-electron chi connectivity index (χ4n) is 2.02. The zero-order valence-corrected chi connectivity index (χ0v) is 12.9. The van der Waals surface area contributed by atoms with Crippen molar-refractivity contribution in [2.75, 3.05) is 19.5 Å². The van der Waals surface area contributed by atoms with Crippen LogP contribution in [0, 0.1) is 5.82 Å². The standard InChI is InChI=1S/C15H17ClFNOS/c1-18(8-4-2-3-7-16)15(19)14-9-11-5-6-12(17)10-13(11)20-14/h5-6,9-10H,2-4,7-8H2,1H3. The lowest BCUT2D eigenvalue weighted by atomic mass is 10.2. The van der Waals surface area contributed by atoms with E-state index in [9.17, 15) is 9.18 Å². The maximum Gasteiger partial charge on any atom is 0.263 e. The third-order valence-electron chi connectivity index (χ3n) is 3.17. The Morgan fingerprint density at radius 2 is 2.10 bits per heavy atom. The molecule has 0 unspecified atom stereocenters. The van der Waals surface area contributed by atoms with Gasteiger partial charge in [0.1, 0.15) is 5.82 Å². The highest BCUT2D eigenvalue weighted by molar-refractivity contribution is 7.20. The number of nitrogens with zero attached hydrogens (tertiary/aromatic N) is 1. The van der Waals surface area contributed by atoms with E-state index in [0.29, 0.717) is 10.8 Å². The first-order valence-corrected chi connectivity index (χ1v) is 7.97. The molecule has 1 amide bonds. The van der Waals surface area contributed by atoms with Crippen molar-refractivity contribution in [1.29, 1.82) is 0 Å². The first-order chi connectivity index (χ1) is 9.61. The van der Waals surface area contributed by atoms with Gasteiger partial charge in [-0.2, -0.15) is 0 Å². The molecule has 0 saturated carbocycles. The van der Waals surface area contributed by atoms with Crippen LogP contribution in [-0.2, 0) is 0 Å². The Labute approximate surface area is 127 Å². The van der Waals surface area contributed by atoms with Crippen molar-refractivity contribution < 1.29 is 9.18 Å². The van der Waals surface area contributed by atoms with Gasteiger partial charge in [-0.3, -0.25) is 4.79 Å². The molecule has 5 heteroatoms. The topological polar surface area (TPSA) is 20.3 Å². The molecule has 0 spiro atoms. The molecular formula is C15H17ClFNOS. The highest BCUT2D eigenvalue weighted by Gasteiger charge is 2.14. The molecular weight excluding hydrogens is 297 g/mol. The van der Waals surface area contributed by atoms with E-state index in [1.807, 2.05) is 6.07 Å². The molecule has 2 nitrogen and oxygen atoms in total. The first-order valence-electron chi connectivity index (χ1n) is 6.62. The summed E-state index contributed by atoms with van der Waals surface area (Å²) < 4.78 is 14.0. The summed E-state index contributed by atoms with van der Waals surface area (Å²) in [6.07, 6.45) is 2.96. The smallest absolute Gasteiger partial charge is 0.263 e. The Morgan fingerprint density at radius 3 is 2.85 bits per heavy atom. The summed E-state index contributed by atoms with van der Waals surface area (Å²) in [5, 5.41) is 0.912. The van der Waals surface area contributed by atoms with Gasteiger partial charge in [0, 0.05) is 24.2 Å². The average molecular weight is 314 g/mol. The third-order valence-corrected chi connectivity index (χ3v) is 4.52. The number of thiophene rings is 1. The second kappa shape index (κ2) is 7.04. The van der Waals surface area contributed by atoms with E-state index >= 15 is 0 Å². The molecule has 2 aromatic rings. The predicted molar refractivity (Wildman–Crippen MR) is 83.3 cm³/mol. The van der Waals surface area contributed by atoms with E-state index in [-0.39, 0.29) is 11.7 Å². The number of unbranched alkanes of at least 4 members (excludes halogenated alkanes) is 2. The number of carbonyl (C=O) groups excluding carboxylic acids is 1. The van der Waals surface area contributed by atoms with Crippen LogP contribution < -0.4 is 0 Å². The summed E-state index contributed by atoms with van der Waals surface area (Å²) >= 11 is 6.96. The Bertz CT molecular complexity index is 599. The van der Waals surface area contributed by atoms with E-state index in [1.165, 1.54) is 23.5 Å². The minimum atomic E-state index is -0.271. The summed E-state index contributed by atoms with van der Waals surface area (Å²) in [7, 11) is 1.80. The molecule has 0 saturated heterocycles. The highest BCUT2D eigenvalue weighted by atomic mass is 35.5. The fourth-order valence-corrected chi connectivity index (χ4v) is 3.29. The van der Waals surface area contributed by atoms with Crippen LogP contribution in [0.3, 0.4) is 0 Å². The van der Waals surface area contributed by atoms with E-state index in [2.05, 4.69) is 0 Å². The first kappa shape index (κ1) is 15.3. The van der Waals surface area contributed by atoms with Crippen LogP contribution in [0.4, 0.5) is 4.39 Å². The zero-order valence-electron chi connectivity index (χ0n) is 11.4. The molecule has 0 radical (unpaired) electrons. The fraction of sp³-hybridized carbons (Fsp3) is 0.400. The second-order valence-electron chi connectivity index (χ2n) is 4.77. The van der Waals surface area contributed by atoms with Crippen molar-refractivity contribution in [3.8, 4) is 0 Å². The maximum atomic E-state index is 13.1. The molecule has 20 heavy (non-hydrogen) atoms. The van der Waals surface area contributed by atoms with Crippen LogP contribution in [0.2, 0.25) is 0 Å². The van der Waals surface area contributed by atoms with Gasteiger partial charge in [0.15, 0.2) is 0 Å². The number of benzene rings is 1. The Hall–Kier alpha value is -1.13. The van der Waals surface area contributed by atoms with Crippen molar-refractivity contribution in [2.45, 2.75) is 19.3 Å². The molecule has 0 aliphatic heterocycles. The second-order valence-corrected chi connectivity index (χ2v) is 6.23. The monoisotopic (exact) mass is 313 g/mol. The van der Waals surface area contributed by atoms with E-state index in [4.69, 9.17) is 11.6 Å². The molecule has 0 aliphatic rings. The number of hydrogen-bond acceptors (Lipinski definition) is 2. The molecule has 1 aromatic heterocycles. The van der Waals surface area contributed by atoms with Crippen molar-refractivity contribution in [2.24, 2.45) is 0 Å². The van der Waals surface area contributed by atoms with Gasteiger partial charge in [0.05, 0.1) is 4.88 Å². The normalized spacial score (nSPS) is 10.9. The maximum absolute atomic E-state index is 13.1. The summed E-state index contributed by atoms with van der Waals surface area (Å²) in [5.41, 5.74) is 0. The summed E-state index contributed by atoms with van der Waals surface area (Å²) in [4.78, 5) is 14.7. The number of fused-ring (bicyclic) bond motifs is 1. The van der Waals surface area contributed by atoms with Crippen molar-refractivity contribution >= 4 is 38.9 Å². The number of alkyl halides is 1. The SMILES string of the molecule is CN(CCCCCCl)C(=O)c1cc2ccc(F)cc2s1. The van der Waals surface area contributed by atoms with Gasteiger partial charge in [0.2, 0.25) is 0 Å². The molecule has 1 heterocycles. The molecule has 0 atom stereocenters. The number of halogens is 2. The number of hydrogen-bond donors (Lipinski definition) is 0. The van der Waals surface area contributed by atoms with Crippen LogP contribution in [0.15, 0.2) is 24.3 Å². The summed E-state index contributed by atoms with van der Waals surface area (Å²) in [6, 6.07) is 6.42. The number of amides is 1. The van der Waals surface area contributed by atoms with Gasteiger partial charge in [-0.15, -0.1) is 22.9 Å². The lowest BCUT2D eigenvalue weighted by Crippen LogP contribution is -2.26. The molecule has 108 valence electrons. The average Bonchev–Trinajstić information content (AvgIpc) is 2.85. The summed E-state index contributed by atoms with van der Waals surface area (Å²) in [5.74, 6) is 0.393. The van der Waals surface area contributed by atoms with Crippen molar-refractivity contribution in [3.05, 3.63) is 35.0 Å². The van der Waals surface area contributed by atoms with Gasteiger partial charge < -0.3 is 4.90 Å². The molecule has 0 fully saturated rings. The number of rotatable bonds is 6. The van der Waals surface area contributed by atoms with Crippen LogP contribution >= 0.6 is 22.9 Å². The van der Waals surface area contributed by atoms with Gasteiger partial charge in [-0.05, 0) is 36.4 Å². The van der Waals surface area contributed by atoms with Gasteiger partial charge in [0.25, 0.3) is 5.91 Å². The predicted octanol–water partition coefficient (Wildman–Crippen LogP) is 4.52. The minimum Gasteiger partial charge on any atom is -0.341 e. The van der Waals surface area contributed by atoms with E-state index in [0.717, 1.165) is 35.9 Å². The lowest BCUT2D eigenvalue weighted by Gasteiger charge is -2.15. The van der Waals surface area contributed by atoms with E-state index < -0.39 is 0 Å². The van der Waals surface area contributed by atoms with Crippen molar-refractivity contribution in [1.82, 2.24) is 4.90 Å². The highest BCUT2D eigenvalue weighted by Crippen LogP contribution is 2.27. The Morgan fingerprint density at radius 1 is 1.30 bits per heavy atom. The molecule has 0 N–H and O–H groups in total. The molecule has 0 aliphatic carbocycles. The van der Waals surface area contributed by atoms with Crippen LogP contribution in [0.1, 0.15) is 28.9 Å². The molecule has 1 aromatic carbocycles. The van der Waals surface area contributed by atoms with Gasteiger partial charge in [-0.1, -0.05) is 12.5 Å². The quantitative estimate of drug-likeness (QED) is 0.567. The molecule has 0 bridgehead atoms. The van der Waals surface area contributed by atoms with Gasteiger partial charge >= 0.3 is 0 Å². The van der Waals surface area contributed by atoms with Crippen LogP contribution in [-0.4, -0.2) is 30.3 Å². The third kappa shape index (κ3) is 3.70. The van der Waals surface area contributed by atoms with Crippen molar-refractivity contribution in [3.63, 3.8) is 0 Å². The zero-order chi connectivity index (χ0) is 14.5. The molecule has 2 rings (SSSR count). The minimum absolute atomic E-state index is 0.00233. The van der Waals surface area contributed by atoms with E-state index in [1.54, 1.807) is 18.0 Å². The van der Waals surface area contributed by atoms with Crippen LogP contribution in [0.5, 0.6) is 0 Å². The number of carbonyl (C=O) groups is 1. The lowest BCUT2D eigenvalue weighted by molar-refractivity contribution is 0.0797. The summed E-state index contributed by atoms with van der Waals surface area (Å²) in [6.45, 7) is 0.721.